The van der Waals surface area contributed by atoms with Gasteiger partial charge >= 0.3 is 0 Å². The minimum Gasteiger partial charge on any atom is -0.495 e. The normalized spacial score (nSPS) is 10.2. The van der Waals surface area contributed by atoms with Crippen molar-refractivity contribution < 1.29 is 19.1 Å². The first kappa shape index (κ1) is 20.6. The van der Waals surface area contributed by atoms with Crippen LogP contribution >= 0.6 is 11.6 Å². The van der Waals surface area contributed by atoms with Gasteiger partial charge in [0.2, 0.25) is 11.8 Å². The third kappa shape index (κ3) is 6.83. The summed E-state index contributed by atoms with van der Waals surface area (Å²) in [5.74, 6) is 0.819. The molecule has 0 heterocycles. The molecule has 27 heavy (non-hydrogen) atoms. The maximum atomic E-state index is 12.2. The Morgan fingerprint density at radius 2 is 1.89 bits per heavy atom. The fourth-order valence-electron chi connectivity index (χ4n) is 2.39. The van der Waals surface area contributed by atoms with Crippen LogP contribution in [0, 0.1) is 0 Å². The van der Waals surface area contributed by atoms with Crippen molar-refractivity contribution in [1.82, 2.24) is 4.90 Å². The number of halogens is 1. The van der Waals surface area contributed by atoms with Crippen LogP contribution in [-0.2, 0) is 9.59 Å². The molecule has 7 heteroatoms. The number of rotatable bonds is 9. The van der Waals surface area contributed by atoms with Gasteiger partial charge in [0.1, 0.15) is 11.5 Å². The van der Waals surface area contributed by atoms with Crippen molar-refractivity contribution in [3.63, 3.8) is 0 Å². The van der Waals surface area contributed by atoms with Crippen LogP contribution in [0.3, 0.4) is 0 Å². The molecule has 0 saturated heterocycles. The van der Waals surface area contributed by atoms with Crippen LogP contribution in [0.1, 0.15) is 12.8 Å². The number of likely N-dealkylation sites (N-methyl/N-ethyl adjacent to an activating group) is 1. The Hall–Kier alpha value is -2.73. The Kier molecular flexibility index (Phi) is 7.95. The Morgan fingerprint density at radius 3 is 2.59 bits per heavy atom. The maximum Gasteiger partial charge on any atom is 0.244 e. The highest BCUT2D eigenvalue weighted by Gasteiger charge is 2.14. The van der Waals surface area contributed by atoms with Crippen molar-refractivity contribution in [2.45, 2.75) is 12.8 Å². The molecule has 0 fully saturated rings. The monoisotopic (exact) mass is 390 g/mol. The average molecular weight is 391 g/mol. The maximum absolute atomic E-state index is 12.2. The minimum absolute atomic E-state index is 0.0615. The molecule has 0 unspecified atom stereocenters. The summed E-state index contributed by atoms with van der Waals surface area (Å²) in [4.78, 5) is 25.7. The largest absolute Gasteiger partial charge is 0.495 e. The van der Waals surface area contributed by atoms with Gasteiger partial charge in [-0.2, -0.15) is 0 Å². The number of carbonyl (C=O) groups excluding carboxylic acids is 2. The van der Waals surface area contributed by atoms with Crippen molar-refractivity contribution in [3.8, 4) is 11.5 Å². The van der Waals surface area contributed by atoms with Crippen LogP contribution in [0.25, 0.3) is 0 Å². The summed E-state index contributed by atoms with van der Waals surface area (Å²) in [6, 6.07) is 14.4. The second kappa shape index (κ2) is 10.4. The first-order chi connectivity index (χ1) is 13.0. The summed E-state index contributed by atoms with van der Waals surface area (Å²) in [6.07, 6.45) is 0.874. The molecule has 0 radical (unpaired) electrons. The molecule has 0 spiro atoms. The highest BCUT2D eigenvalue weighted by atomic mass is 35.5. The Morgan fingerprint density at radius 1 is 1.15 bits per heavy atom. The standard InChI is InChI=1S/C20H23ClN2O4/c1-23(20(25)9-6-12-27-16-7-4-3-5-8-16)14-19(24)22-17-13-15(21)10-11-18(17)26-2/h3-5,7-8,10-11,13H,6,9,12,14H2,1-2H3,(H,22,24). The lowest BCUT2D eigenvalue weighted by atomic mass is 10.2. The average Bonchev–Trinajstić information content (AvgIpc) is 2.66. The van der Waals surface area contributed by atoms with E-state index in [1.54, 1.807) is 25.2 Å². The Balaban J connectivity index is 1.75. The quantitative estimate of drug-likeness (QED) is 0.664. The van der Waals surface area contributed by atoms with E-state index in [-0.39, 0.29) is 18.4 Å². The van der Waals surface area contributed by atoms with Gasteiger partial charge in [-0.15, -0.1) is 0 Å². The van der Waals surface area contributed by atoms with Gasteiger partial charge in [-0.05, 0) is 36.8 Å². The molecule has 2 aromatic rings. The Bertz CT molecular complexity index is 768. The number of para-hydroxylation sites is 1. The van der Waals surface area contributed by atoms with Crippen LogP contribution in [0.5, 0.6) is 11.5 Å². The van der Waals surface area contributed by atoms with E-state index in [0.29, 0.717) is 35.9 Å². The molecular weight excluding hydrogens is 368 g/mol. The van der Waals surface area contributed by atoms with Crippen molar-refractivity contribution in [2.75, 3.05) is 32.6 Å². The predicted molar refractivity (Wildman–Crippen MR) is 105 cm³/mol. The lowest BCUT2D eigenvalue weighted by Gasteiger charge is -2.17. The molecule has 144 valence electrons. The molecule has 1 N–H and O–H groups in total. The minimum atomic E-state index is -0.327. The van der Waals surface area contributed by atoms with Crippen LogP contribution in [0.15, 0.2) is 48.5 Å². The van der Waals surface area contributed by atoms with Gasteiger partial charge < -0.3 is 19.7 Å². The van der Waals surface area contributed by atoms with E-state index in [4.69, 9.17) is 21.1 Å². The molecule has 0 atom stereocenters. The number of methoxy groups -OCH3 is 1. The number of ether oxygens (including phenoxy) is 2. The molecule has 0 aliphatic rings. The number of amides is 2. The molecule has 0 saturated carbocycles. The molecule has 0 bridgehead atoms. The van der Waals surface area contributed by atoms with E-state index < -0.39 is 0 Å². The third-order valence-corrected chi connectivity index (χ3v) is 4.02. The molecule has 2 aromatic carbocycles. The first-order valence-electron chi connectivity index (χ1n) is 8.55. The molecule has 2 amide bonds. The summed E-state index contributed by atoms with van der Waals surface area (Å²) in [6.45, 7) is 0.379. The summed E-state index contributed by atoms with van der Waals surface area (Å²) in [5.41, 5.74) is 0.465. The molecule has 0 aliphatic heterocycles. The first-order valence-corrected chi connectivity index (χ1v) is 8.92. The van der Waals surface area contributed by atoms with E-state index >= 15 is 0 Å². The summed E-state index contributed by atoms with van der Waals surface area (Å²) in [5, 5.41) is 3.19. The van der Waals surface area contributed by atoms with Gasteiger partial charge in [-0.25, -0.2) is 0 Å². The lowest BCUT2D eigenvalue weighted by Crippen LogP contribution is -2.35. The summed E-state index contributed by atoms with van der Waals surface area (Å²) in [7, 11) is 3.10. The smallest absolute Gasteiger partial charge is 0.244 e. The predicted octanol–water partition coefficient (Wildman–Crippen LogP) is 3.60. The molecule has 2 rings (SSSR count). The topological polar surface area (TPSA) is 67.9 Å². The second-order valence-electron chi connectivity index (χ2n) is 5.91. The molecular formula is C20H23ClN2O4. The van der Waals surface area contributed by atoms with E-state index in [1.807, 2.05) is 30.3 Å². The van der Waals surface area contributed by atoms with Crippen molar-refractivity contribution in [3.05, 3.63) is 53.6 Å². The number of hydrogen-bond donors (Lipinski definition) is 1. The lowest BCUT2D eigenvalue weighted by molar-refractivity contribution is -0.133. The summed E-state index contributed by atoms with van der Waals surface area (Å²) >= 11 is 5.95. The van der Waals surface area contributed by atoms with Crippen molar-refractivity contribution in [2.24, 2.45) is 0 Å². The zero-order valence-corrected chi connectivity index (χ0v) is 16.2. The van der Waals surface area contributed by atoms with Gasteiger partial charge in [0.05, 0.1) is 25.9 Å². The number of benzene rings is 2. The Labute approximate surface area is 164 Å². The molecule has 0 aliphatic carbocycles. The SMILES string of the molecule is COc1ccc(Cl)cc1NC(=O)CN(C)C(=O)CCCOc1ccccc1. The number of anilines is 1. The fourth-order valence-corrected chi connectivity index (χ4v) is 2.56. The third-order valence-electron chi connectivity index (χ3n) is 3.79. The van der Waals surface area contributed by atoms with Crippen LogP contribution in [0.2, 0.25) is 5.02 Å². The van der Waals surface area contributed by atoms with Crippen molar-refractivity contribution >= 4 is 29.1 Å². The summed E-state index contributed by atoms with van der Waals surface area (Å²) < 4.78 is 10.7. The molecule has 0 aromatic heterocycles. The van der Waals surface area contributed by atoms with Crippen LogP contribution in [0.4, 0.5) is 5.69 Å². The van der Waals surface area contributed by atoms with Crippen molar-refractivity contribution in [1.29, 1.82) is 0 Å². The van der Waals surface area contributed by atoms with Gasteiger partial charge in [0, 0.05) is 18.5 Å². The number of nitrogens with zero attached hydrogens (tertiary/aromatic N) is 1. The van der Waals surface area contributed by atoms with Gasteiger partial charge in [-0.1, -0.05) is 29.8 Å². The number of hydrogen-bond acceptors (Lipinski definition) is 4. The fraction of sp³-hybridized carbons (Fsp3) is 0.300. The molecule has 6 nitrogen and oxygen atoms in total. The van der Waals surface area contributed by atoms with Crippen LogP contribution in [-0.4, -0.2) is 44.0 Å². The van der Waals surface area contributed by atoms with Gasteiger partial charge in [-0.3, -0.25) is 9.59 Å². The van der Waals surface area contributed by atoms with E-state index in [2.05, 4.69) is 5.32 Å². The zero-order chi connectivity index (χ0) is 19.6. The second-order valence-corrected chi connectivity index (χ2v) is 6.34. The van der Waals surface area contributed by atoms with E-state index in [9.17, 15) is 9.59 Å². The number of carbonyl (C=O) groups is 2. The van der Waals surface area contributed by atoms with Gasteiger partial charge in [0.25, 0.3) is 0 Å². The zero-order valence-electron chi connectivity index (χ0n) is 15.4. The number of nitrogens with one attached hydrogen (secondary N) is 1. The van der Waals surface area contributed by atoms with Gasteiger partial charge in [0.15, 0.2) is 0 Å². The van der Waals surface area contributed by atoms with E-state index in [1.165, 1.54) is 12.0 Å². The highest BCUT2D eigenvalue weighted by molar-refractivity contribution is 6.31. The van der Waals surface area contributed by atoms with E-state index in [0.717, 1.165) is 5.75 Å². The highest BCUT2D eigenvalue weighted by Crippen LogP contribution is 2.27. The van der Waals surface area contributed by atoms with Crippen LogP contribution < -0.4 is 14.8 Å².